The molecule has 110 valence electrons. The van der Waals surface area contributed by atoms with Gasteiger partial charge in [0.2, 0.25) is 11.7 Å². The van der Waals surface area contributed by atoms with Crippen LogP contribution in [0.3, 0.4) is 0 Å². The van der Waals surface area contributed by atoms with E-state index in [0.29, 0.717) is 18.0 Å². The van der Waals surface area contributed by atoms with Crippen LogP contribution in [0.15, 0.2) is 12.1 Å². The van der Waals surface area contributed by atoms with Crippen molar-refractivity contribution in [3.05, 3.63) is 22.2 Å². The third kappa shape index (κ3) is 2.98. The van der Waals surface area contributed by atoms with Gasteiger partial charge in [0, 0.05) is 24.2 Å². The van der Waals surface area contributed by atoms with Crippen molar-refractivity contribution in [1.29, 1.82) is 0 Å². The van der Waals surface area contributed by atoms with Gasteiger partial charge in [0.15, 0.2) is 0 Å². The van der Waals surface area contributed by atoms with Crippen LogP contribution in [0.1, 0.15) is 33.1 Å². The number of aromatic nitrogens is 1. The van der Waals surface area contributed by atoms with Crippen LogP contribution in [0.25, 0.3) is 0 Å². The largest absolute Gasteiger partial charge is 0.481 e. The summed E-state index contributed by atoms with van der Waals surface area (Å²) in [5, 5.41) is 13.1. The zero-order valence-electron chi connectivity index (χ0n) is 12.0. The summed E-state index contributed by atoms with van der Waals surface area (Å²) < 4.78 is 5.04. The second-order valence-electron chi connectivity index (χ2n) is 5.13. The van der Waals surface area contributed by atoms with Crippen molar-refractivity contribution in [3.63, 3.8) is 0 Å². The number of hydrazine groups is 1. The van der Waals surface area contributed by atoms with Crippen LogP contribution in [-0.4, -0.2) is 34.1 Å². The Bertz CT molecular complexity index is 485. The molecule has 7 heteroatoms. The van der Waals surface area contributed by atoms with E-state index < -0.39 is 4.92 Å². The van der Waals surface area contributed by atoms with E-state index in [0.717, 1.165) is 12.8 Å². The molecule has 2 heterocycles. The number of anilines is 1. The Labute approximate surface area is 118 Å². The zero-order chi connectivity index (χ0) is 14.7. The highest BCUT2D eigenvalue weighted by Crippen LogP contribution is 2.29. The number of methoxy groups -OCH3 is 1. The van der Waals surface area contributed by atoms with Crippen molar-refractivity contribution in [2.75, 3.05) is 12.5 Å². The minimum atomic E-state index is -0.436. The predicted octanol–water partition coefficient (Wildman–Crippen LogP) is 2.59. The monoisotopic (exact) mass is 280 g/mol. The third-order valence-corrected chi connectivity index (χ3v) is 3.68. The number of hydrogen-bond acceptors (Lipinski definition) is 6. The number of rotatable bonds is 4. The second kappa shape index (κ2) is 6.04. The van der Waals surface area contributed by atoms with Gasteiger partial charge in [0.1, 0.15) is 0 Å². The first-order valence-corrected chi connectivity index (χ1v) is 6.77. The number of nitrogens with zero attached hydrogens (tertiary/aromatic N) is 3. The molecule has 0 aromatic carbocycles. The van der Waals surface area contributed by atoms with Crippen LogP contribution in [0.5, 0.6) is 5.88 Å². The molecule has 0 amide bonds. The molecule has 0 saturated carbocycles. The molecule has 0 bridgehead atoms. The van der Waals surface area contributed by atoms with Gasteiger partial charge in [0.05, 0.1) is 12.0 Å². The second-order valence-corrected chi connectivity index (χ2v) is 5.13. The molecule has 20 heavy (non-hydrogen) atoms. The number of nitrogens with one attached hydrogen (secondary N) is 1. The van der Waals surface area contributed by atoms with Crippen molar-refractivity contribution in [1.82, 2.24) is 9.99 Å². The van der Waals surface area contributed by atoms with Crippen molar-refractivity contribution >= 4 is 11.5 Å². The lowest BCUT2D eigenvalue weighted by Gasteiger charge is -2.38. The molecule has 1 aliphatic heterocycles. The molecular weight excluding hydrogens is 260 g/mol. The number of hydrogen-bond donors (Lipinski definition) is 1. The van der Waals surface area contributed by atoms with Gasteiger partial charge in [-0.2, -0.15) is 4.98 Å². The van der Waals surface area contributed by atoms with Crippen molar-refractivity contribution in [3.8, 4) is 5.88 Å². The highest BCUT2D eigenvalue weighted by Gasteiger charge is 2.27. The highest BCUT2D eigenvalue weighted by molar-refractivity contribution is 5.56. The number of nitro groups is 1. The van der Waals surface area contributed by atoms with E-state index >= 15 is 0 Å². The van der Waals surface area contributed by atoms with Gasteiger partial charge in [-0.3, -0.25) is 15.5 Å². The average molecular weight is 280 g/mol. The summed E-state index contributed by atoms with van der Waals surface area (Å²) in [6.07, 6.45) is 3.30. The van der Waals surface area contributed by atoms with Gasteiger partial charge in [0.25, 0.3) is 0 Å². The first kappa shape index (κ1) is 14.5. The molecule has 0 radical (unpaired) electrons. The summed E-state index contributed by atoms with van der Waals surface area (Å²) in [6.45, 7) is 4.21. The smallest absolute Gasteiger partial charge is 0.312 e. The Morgan fingerprint density at radius 2 is 2.05 bits per heavy atom. The summed E-state index contributed by atoms with van der Waals surface area (Å²) >= 11 is 0. The lowest BCUT2D eigenvalue weighted by Crippen LogP contribution is -2.47. The van der Waals surface area contributed by atoms with E-state index in [9.17, 15) is 10.1 Å². The van der Waals surface area contributed by atoms with Crippen LogP contribution in [-0.2, 0) is 0 Å². The van der Waals surface area contributed by atoms with Crippen molar-refractivity contribution in [2.45, 2.75) is 45.2 Å². The maximum atomic E-state index is 11.1. The maximum absolute atomic E-state index is 11.1. The molecule has 1 saturated heterocycles. The molecule has 2 rings (SSSR count). The molecule has 7 nitrogen and oxygen atoms in total. The quantitative estimate of drug-likeness (QED) is 0.674. The number of piperidine rings is 1. The van der Waals surface area contributed by atoms with E-state index in [-0.39, 0.29) is 11.5 Å². The highest BCUT2D eigenvalue weighted by atomic mass is 16.6. The third-order valence-electron chi connectivity index (χ3n) is 3.68. The van der Waals surface area contributed by atoms with Crippen molar-refractivity contribution in [2.24, 2.45) is 0 Å². The predicted molar refractivity (Wildman–Crippen MR) is 75.7 cm³/mol. The van der Waals surface area contributed by atoms with Crippen LogP contribution in [0, 0.1) is 10.1 Å². The Morgan fingerprint density at radius 1 is 1.40 bits per heavy atom. The summed E-state index contributed by atoms with van der Waals surface area (Å²) in [4.78, 5) is 14.8. The molecule has 0 spiro atoms. The molecule has 2 atom stereocenters. The van der Waals surface area contributed by atoms with Crippen LogP contribution >= 0.6 is 0 Å². The Morgan fingerprint density at radius 3 is 2.60 bits per heavy atom. The Kier molecular flexibility index (Phi) is 4.39. The first-order valence-electron chi connectivity index (χ1n) is 6.77. The van der Waals surface area contributed by atoms with Gasteiger partial charge in [-0.15, -0.1) is 0 Å². The normalized spacial score (nSPS) is 23.4. The van der Waals surface area contributed by atoms with Crippen LogP contribution < -0.4 is 10.2 Å². The summed E-state index contributed by atoms with van der Waals surface area (Å²) in [5.74, 6) is 0.588. The fourth-order valence-electron chi connectivity index (χ4n) is 2.54. The minimum absolute atomic E-state index is 0.0456. The van der Waals surface area contributed by atoms with E-state index in [2.05, 4.69) is 24.3 Å². The SMILES string of the molecule is COc1ccc([N+](=O)[O-])c(NN2C(C)CCCC2C)n1. The molecule has 1 fully saturated rings. The van der Waals surface area contributed by atoms with E-state index in [1.165, 1.54) is 25.7 Å². The van der Waals surface area contributed by atoms with Crippen LogP contribution in [0.2, 0.25) is 0 Å². The lowest BCUT2D eigenvalue weighted by molar-refractivity contribution is -0.384. The summed E-state index contributed by atoms with van der Waals surface area (Å²) in [5.41, 5.74) is 3.06. The topological polar surface area (TPSA) is 80.5 Å². The molecule has 1 aromatic heterocycles. The molecule has 1 aliphatic rings. The summed E-state index contributed by atoms with van der Waals surface area (Å²) in [6, 6.07) is 3.53. The Hall–Kier alpha value is -1.89. The lowest BCUT2D eigenvalue weighted by atomic mass is 10.00. The van der Waals surface area contributed by atoms with E-state index in [1.54, 1.807) is 0 Å². The fourth-order valence-corrected chi connectivity index (χ4v) is 2.54. The molecule has 1 N–H and O–H groups in total. The van der Waals surface area contributed by atoms with Gasteiger partial charge in [-0.1, -0.05) is 6.42 Å². The average Bonchev–Trinajstić information content (AvgIpc) is 2.42. The molecule has 0 aliphatic carbocycles. The zero-order valence-corrected chi connectivity index (χ0v) is 12.0. The molecule has 1 aromatic rings. The van der Waals surface area contributed by atoms with Gasteiger partial charge >= 0.3 is 5.69 Å². The van der Waals surface area contributed by atoms with E-state index in [4.69, 9.17) is 4.74 Å². The number of pyridine rings is 1. The van der Waals surface area contributed by atoms with Crippen molar-refractivity contribution < 1.29 is 9.66 Å². The summed E-state index contributed by atoms with van der Waals surface area (Å²) in [7, 11) is 1.49. The maximum Gasteiger partial charge on any atom is 0.312 e. The Balaban J connectivity index is 2.28. The number of ether oxygens (including phenoxy) is 1. The van der Waals surface area contributed by atoms with Gasteiger partial charge in [-0.05, 0) is 26.7 Å². The fraction of sp³-hybridized carbons (Fsp3) is 0.615. The van der Waals surface area contributed by atoms with E-state index in [1.807, 2.05) is 5.01 Å². The standard InChI is InChI=1S/C13H20N4O3/c1-9-5-4-6-10(2)16(9)15-13-11(17(18)19)7-8-12(14-13)20-3/h7-10H,4-6H2,1-3H3,(H,14,15). The molecule has 2 unspecified atom stereocenters. The molecular formula is C13H20N4O3. The first-order chi connectivity index (χ1) is 9.52. The minimum Gasteiger partial charge on any atom is -0.481 e. The van der Waals surface area contributed by atoms with Gasteiger partial charge < -0.3 is 4.74 Å². The van der Waals surface area contributed by atoms with Crippen LogP contribution in [0.4, 0.5) is 11.5 Å². The van der Waals surface area contributed by atoms with Gasteiger partial charge in [-0.25, -0.2) is 5.01 Å².